The molecule has 5 rings (SSSR count). The predicted molar refractivity (Wildman–Crippen MR) is 136 cm³/mol. The van der Waals surface area contributed by atoms with Crippen LogP contribution in [0, 0.1) is 6.92 Å². The average Bonchev–Trinajstić information content (AvgIpc) is 3.20. The SMILES string of the molecule is Cc1ccccc1C1(c2noc(-c3cc(C(F)F)n(CC(=O)N4CC[C@H](NC(=O)OC(C)(C)C)C4)n3)n2)CC1. The second-order valence-electron chi connectivity index (χ2n) is 11.2. The van der Waals surface area contributed by atoms with Gasteiger partial charge < -0.3 is 19.5 Å². The van der Waals surface area contributed by atoms with Crippen molar-refractivity contribution in [1.82, 2.24) is 30.1 Å². The lowest BCUT2D eigenvalue weighted by molar-refractivity contribution is -0.131. The van der Waals surface area contributed by atoms with Gasteiger partial charge in [0.25, 0.3) is 12.3 Å². The molecule has 0 bridgehead atoms. The number of alkyl carbamates (subject to hydrolysis) is 1. The first-order valence-electron chi connectivity index (χ1n) is 13.0. The molecule has 10 nitrogen and oxygen atoms in total. The zero-order valence-electron chi connectivity index (χ0n) is 22.4. The van der Waals surface area contributed by atoms with Gasteiger partial charge in [0.05, 0.1) is 11.5 Å². The van der Waals surface area contributed by atoms with Crippen LogP contribution >= 0.6 is 0 Å². The highest BCUT2D eigenvalue weighted by Crippen LogP contribution is 2.53. The maximum absolute atomic E-state index is 13.9. The molecule has 208 valence electrons. The number of aryl methyl sites for hydroxylation is 1. The highest BCUT2D eigenvalue weighted by molar-refractivity contribution is 5.77. The van der Waals surface area contributed by atoms with Gasteiger partial charge in [0.2, 0.25) is 5.91 Å². The lowest BCUT2D eigenvalue weighted by Gasteiger charge is -2.22. The number of rotatable bonds is 7. The monoisotopic (exact) mass is 542 g/mol. The maximum atomic E-state index is 13.9. The van der Waals surface area contributed by atoms with Gasteiger partial charge in [0.15, 0.2) is 11.5 Å². The highest BCUT2D eigenvalue weighted by Gasteiger charge is 2.50. The first-order valence-corrected chi connectivity index (χ1v) is 13.0. The smallest absolute Gasteiger partial charge is 0.407 e. The molecule has 39 heavy (non-hydrogen) atoms. The second kappa shape index (κ2) is 10.0. The van der Waals surface area contributed by atoms with Crippen LogP contribution in [0.3, 0.4) is 0 Å². The van der Waals surface area contributed by atoms with Crippen LogP contribution in [-0.4, -0.2) is 61.6 Å². The first-order chi connectivity index (χ1) is 18.4. The molecule has 0 radical (unpaired) electrons. The van der Waals surface area contributed by atoms with Crippen molar-refractivity contribution < 1.29 is 27.6 Å². The Morgan fingerprint density at radius 3 is 2.67 bits per heavy atom. The van der Waals surface area contributed by atoms with Gasteiger partial charge in [-0.3, -0.25) is 9.48 Å². The summed E-state index contributed by atoms with van der Waals surface area (Å²) in [5.41, 5.74) is 0.919. The minimum Gasteiger partial charge on any atom is -0.444 e. The number of alkyl halides is 2. The number of amides is 2. The number of nitrogens with zero attached hydrogens (tertiary/aromatic N) is 5. The summed E-state index contributed by atoms with van der Waals surface area (Å²) in [4.78, 5) is 31.0. The van der Waals surface area contributed by atoms with Crippen molar-refractivity contribution in [2.45, 2.75) is 77.0 Å². The Morgan fingerprint density at radius 1 is 1.26 bits per heavy atom. The Balaban J connectivity index is 1.28. The molecule has 2 aromatic heterocycles. The number of halogens is 2. The van der Waals surface area contributed by atoms with Crippen LogP contribution in [0.1, 0.15) is 69.1 Å². The zero-order chi connectivity index (χ0) is 27.9. The van der Waals surface area contributed by atoms with E-state index in [1.54, 1.807) is 20.8 Å². The molecule has 3 aromatic rings. The average molecular weight is 543 g/mol. The number of nitrogens with one attached hydrogen (secondary N) is 1. The van der Waals surface area contributed by atoms with Gasteiger partial charge in [0.1, 0.15) is 17.8 Å². The standard InChI is InChI=1S/C27H32F2N6O4/c1-16-7-5-6-8-18(16)27(10-11-27)24-31-23(39-33-24)19-13-20(22(28)29)35(32-19)15-21(36)34-12-9-17(14-34)30-25(37)38-26(2,3)4/h5-8,13,17,22H,9-12,14-15H2,1-4H3,(H,30,37)/t17-/m0/s1. The van der Waals surface area contributed by atoms with Gasteiger partial charge >= 0.3 is 6.09 Å². The first kappa shape index (κ1) is 26.8. The topological polar surface area (TPSA) is 115 Å². The summed E-state index contributed by atoms with van der Waals surface area (Å²) in [6.45, 7) is 7.57. The van der Waals surface area contributed by atoms with Crippen molar-refractivity contribution in [2.24, 2.45) is 0 Å². The van der Waals surface area contributed by atoms with Crippen LogP contribution in [0.4, 0.5) is 13.6 Å². The lowest BCUT2D eigenvalue weighted by Crippen LogP contribution is -2.41. The van der Waals surface area contributed by atoms with E-state index in [1.165, 1.54) is 11.0 Å². The summed E-state index contributed by atoms with van der Waals surface area (Å²) < 4.78 is 39.5. The van der Waals surface area contributed by atoms with Crippen LogP contribution in [0.15, 0.2) is 34.9 Å². The van der Waals surface area contributed by atoms with E-state index in [4.69, 9.17) is 9.26 Å². The van der Waals surface area contributed by atoms with Crippen LogP contribution in [0.5, 0.6) is 0 Å². The molecule has 1 N–H and O–H groups in total. The van der Waals surface area contributed by atoms with Crippen molar-refractivity contribution in [1.29, 1.82) is 0 Å². The van der Waals surface area contributed by atoms with E-state index in [2.05, 4.69) is 20.6 Å². The molecule has 1 aliphatic carbocycles. The van der Waals surface area contributed by atoms with E-state index in [0.717, 1.165) is 28.7 Å². The summed E-state index contributed by atoms with van der Waals surface area (Å²) >= 11 is 0. The molecule has 2 fully saturated rings. The molecule has 0 spiro atoms. The molecule has 1 atom stereocenters. The Hall–Kier alpha value is -3.83. The lowest BCUT2D eigenvalue weighted by atomic mass is 9.91. The number of hydrogen-bond acceptors (Lipinski definition) is 7. The number of likely N-dealkylation sites (tertiary alicyclic amines) is 1. The Kier molecular flexibility index (Phi) is 6.90. The Labute approximate surface area is 224 Å². The molecule has 2 amide bonds. The third-order valence-corrected chi connectivity index (χ3v) is 7.07. The molecule has 0 unspecified atom stereocenters. The molecule has 3 heterocycles. The normalized spacial score (nSPS) is 18.4. The summed E-state index contributed by atoms with van der Waals surface area (Å²) in [5.74, 6) is 0.139. The summed E-state index contributed by atoms with van der Waals surface area (Å²) in [5, 5.41) is 11.1. The second-order valence-corrected chi connectivity index (χ2v) is 11.2. The van der Waals surface area contributed by atoms with Crippen molar-refractivity contribution in [3.8, 4) is 11.6 Å². The van der Waals surface area contributed by atoms with Gasteiger partial charge in [-0.05, 0) is 64.2 Å². The van der Waals surface area contributed by atoms with E-state index in [0.29, 0.717) is 18.8 Å². The van der Waals surface area contributed by atoms with Crippen LogP contribution in [-0.2, 0) is 21.5 Å². The number of carbonyl (C=O) groups excluding carboxylic acids is 2. The molecule has 2 aliphatic rings. The van der Waals surface area contributed by atoms with E-state index in [1.807, 2.05) is 31.2 Å². The van der Waals surface area contributed by atoms with Gasteiger partial charge in [0, 0.05) is 13.1 Å². The third-order valence-electron chi connectivity index (χ3n) is 7.07. The van der Waals surface area contributed by atoms with Gasteiger partial charge in [-0.1, -0.05) is 29.4 Å². The van der Waals surface area contributed by atoms with E-state index in [-0.39, 0.29) is 42.0 Å². The number of aromatic nitrogens is 4. The number of carbonyl (C=O) groups is 2. The fourth-order valence-electron chi connectivity index (χ4n) is 5.02. The molecular formula is C27H32F2N6O4. The van der Waals surface area contributed by atoms with E-state index < -0.39 is 23.8 Å². The molecule has 1 aliphatic heterocycles. The minimum absolute atomic E-state index is 0.0285. The van der Waals surface area contributed by atoms with Crippen molar-refractivity contribution in [3.63, 3.8) is 0 Å². The summed E-state index contributed by atoms with van der Waals surface area (Å²) in [6.07, 6.45) is -1.16. The quantitative estimate of drug-likeness (QED) is 0.471. The van der Waals surface area contributed by atoms with Gasteiger partial charge in [-0.25, -0.2) is 13.6 Å². The molecular weight excluding hydrogens is 510 g/mol. The van der Waals surface area contributed by atoms with Crippen molar-refractivity contribution in [2.75, 3.05) is 13.1 Å². The van der Waals surface area contributed by atoms with Crippen LogP contribution < -0.4 is 5.32 Å². The molecule has 1 aromatic carbocycles. The molecule has 1 saturated heterocycles. The van der Waals surface area contributed by atoms with Crippen LogP contribution in [0.25, 0.3) is 11.6 Å². The Morgan fingerprint density at radius 2 is 2.00 bits per heavy atom. The number of hydrogen-bond donors (Lipinski definition) is 1. The summed E-state index contributed by atoms with van der Waals surface area (Å²) in [6, 6.07) is 8.90. The molecule has 12 heteroatoms. The van der Waals surface area contributed by atoms with Gasteiger partial charge in [-0.2, -0.15) is 10.1 Å². The third kappa shape index (κ3) is 5.64. The zero-order valence-corrected chi connectivity index (χ0v) is 22.4. The van der Waals surface area contributed by atoms with Crippen LogP contribution in [0.2, 0.25) is 0 Å². The minimum atomic E-state index is -2.86. The summed E-state index contributed by atoms with van der Waals surface area (Å²) in [7, 11) is 0. The van der Waals surface area contributed by atoms with E-state index in [9.17, 15) is 18.4 Å². The molecule has 1 saturated carbocycles. The van der Waals surface area contributed by atoms with Gasteiger partial charge in [-0.15, -0.1) is 0 Å². The Bertz CT molecular complexity index is 1370. The number of benzene rings is 1. The fourth-order valence-corrected chi connectivity index (χ4v) is 5.02. The number of ether oxygens (including phenoxy) is 1. The fraction of sp³-hybridized carbons (Fsp3) is 0.519. The largest absolute Gasteiger partial charge is 0.444 e. The highest BCUT2D eigenvalue weighted by atomic mass is 19.3. The van der Waals surface area contributed by atoms with E-state index >= 15 is 0 Å². The van der Waals surface area contributed by atoms with Crippen molar-refractivity contribution in [3.05, 3.63) is 53.0 Å². The predicted octanol–water partition coefficient (Wildman–Crippen LogP) is 4.38. The van der Waals surface area contributed by atoms with Crippen molar-refractivity contribution >= 4 is 12.0 Å². The maximum Gasteiger partial charge on any atom is 0.407 e.